The van der Waals surface area contributed by atoms with Gasteiger partial charge in [-0.05, 0) is 141 Å². The maximum atomic E-state index is 12.3. The number of amides is 1. The molecule has 5 N–H and O–H groups in total. The van der Waals surface area contributed by atoms with Crippen LogP contribution in [0.5, 0.6) is 0 Å². The molecule has 16 heteroatoms. The lowest BCUT2D eigenvalue weighted by atomic mass is 9.89. The number of nitrogens with zero attached hydrogens (tertiary/aromatic N) is 4. The number of aromatic nitrogens is 2. The minimum atomic E-state index is -3.88. The minimum absolute atomic E-state index is 0.0746. The van der Waals surface area contributed by atoms with E-state index in [0.717, 1.165) is 50.5 Å². The summed E-state index contributed by atoms with van der Waals surface area (Å²) in [7, 11) is -3.70. The molecule has 1 saturated carbocycles. The van der Waals surface area contributed by atoms with Crippen LogP contribution in [0.3, 0.4) is 0 Å². The molecule has 13 nitrogen and oxygen atoms in total. The van der Waals surface area contributed by atoms with Gasteiger partial charge in [0, 0.05) is 25.7 Å². The van der Waals surface area contributed by atoms with Crippen LogP contribution in [-0.4, -0.2) is 82.7 Å². The third-order valence-electron chi connectivity index (χ3n) is 9.16. The molecule has 4 rings (SSSR count). The molecule has 2 aromatic heterocycles. The standard InChI is InChI=1S/C16H27N3O2S.C15H30N2O2.C5H5FN2O2S/c1-16(2)10-9-13(12-16)6-5-11-19(3)14-7-4-8-15(18-14)22(17,20)21;1-14(2,3)19-13(18)17-11-12(8-7-9-16-6)10-15(17,4)5;6-4-2-1-3-5(8-4)11(7,9)10/h4,7-8,13H,5-6,9-12H2,1-3H3,(H2,17,20,21);12,16H,7-11H2,1-6H3;1-3H,(H2,7,9,10). The molecule has 1 saturated heterocycles. The fourth-order valence-corrected chi connectivity index (χ4v) is 7.64. The SMILES string of the molecule is CN(CCCC1CCC(C)(C)C1)c1cccc(S(N)(=O)=O)n1.CNCCCC1CN(C(=O)OC(C)(C)C)C(C)(C)C1.NS(=O)(=O)c1cccc(F)n1. The Balaban J connectivity index is 0.000000285. The maximum Gasteiger partial charge on any atom is 0.410 e. The van der Waals surface area contributed by atoms with E-state index in [4.69, 9.17) is 9.88 Å². The molecule has 2 unspecified atom stereocenters. The molecule has 0 bridgehead atoms. The van der Waals surface area contributed by atoms with Crippen molar-refractivity contribution in [1.82, 2.24) is 20.2 Å². The first-order chi connectivity index (χ1) is 23.8. The molecule has 0 spiro atoms. The van der Waals surface area contributed by atoms with Crippen molar-refractivity contribution in [1.29, 1.82) is 0 Å². The molecule has 52 heavy (non-hydrogen) atoms. The summed E-state index contributed by atoms with van der Waals surface area (Å²) in [5, 5.41) is 12.4. The molecule has 1 aliphatic heterocycles. The van der Waals surface area contributed by atoms with Crippen LogP contribution < -0.4 is 20.5 Å². The van der Waals surface area contributed by atoms with Gasteiger partial charge >= 0.3 is 6.09 Å². The number of carbonyl (C=O) groups excluding carboxylic acids is 1. The average molecular weight is 772 g/mol. The monoisotopic (exact) mass is 771 g/mol. The molecule has 296 valence electrons. The van der Waals surface area contributed by atoms with Crippen LogP contribution in [0.1, 0.15) is 99.8 Å². The Bertz CT molecular complexity index is 1670. The van der Waals surface area contributed by atoms with E-state index in [1.54, 1.807) is 6.07 Å². The van der Waals surface area contributed by atoms with Gasteiger partial charge in [-0.3, -0.25) is 0 Å². The predicted molar refractivity (Wildman–Crippen MR) is 203 cm³/mol. The summed E-state index contributed by atoms with van der Waals surface area (Å²) in [6.45, 7) is 17.5. The van der Waals surface area contributed by atoms with Crippen LogP contribution >= 0.6 is 0 Å². The number of pyridine rings is 2. The number of rotatable bonds is 11. The van der Waals surface area contributed by atoms with Gasteiger partial charge in [0.2, 0.25) is 5.95 Å². The minimum Gasteiger partial charge on any atom is -0.444 e. The largest absolute Gasteiger partial charge is 0.444 e. The van der Waals surface area contributed by atoms with E-state index in [-0.39, 0.29) is 16.7 Å². The van der Waals surface area contributed by atoms with Crippen LogP contribution in [0.2, 0.25) is 0 Å². The van der Waals surface area contributed by atoms with E-state index in [1.807, 2.05) is 50.7 Å². The Morgan fingerprint density at radius 1 is 0.962 bits per heavy atom. The highest BCUT2D eigenvalue weighted by atomic mass is 32.2. The smallest absolute Gasteiger partial charge is 0.410 e. The van der Waals surface area contributed by atoms with Crippen LogP contribution in [0.4, 0.5) is 15.0 Å². The summed E-state index contributed by atoms with van der Waals surface area (Å²) in [4.78, 5) is 23.3. The van der Waals surface area contributed by atoms with Gasteiger partial charge in [-0.15, -0.1) is 0 Å². The van der Waals surface area contributed by atoms with Gasteiger partial charge in [-0.2, -0.15) is 4.39 Å². The van der Waals surface area contributed by atoms with E-state index in [1.165, 1.54) is 50.7 Å². The van der Waals surface area contributed by atoms with E-state index in [9.17, 15) is 26.0 Å². The first kappa shape index (κ1) is 45.2. The summed E-state index contributed by atoms with van der Waals surface area (Å²) in [5.41, 5.74) is -0.00797. The summed E-state index contributed by atoms with van der Waals surface area (Å²) >= 11 is 0. The summed E-state index contributed by atoms with van der Waals surface area (Å²) in [5.74, 6) is 1.21. The Kier molecular flexibility index (Phi) is 16.4. The van der Waals surface area contributed by atoms with Gasteiger partial charge in [0.25, 0.3) is 20.0 Å². The molecule has 2 aromatic rings. The topological polar surface area (TPSA) is 191 Å². The van der Waals surface area contributed by atoms with Crippen molar-refractivity contribution < 1.29 is 30.8 Å². The van der Waals surface area contributed by atoms with Gasteiger partial charge in [-0.25, -0.2) is 41.9 Å². The van der Waals surface area contributed by atoms with Crippen molar-refractivity contribution >= 4 is 32.0 Å². The number of carbonyl (C=O) groups is 1. The fraction of sp³-hybridized carbons (Fsp3) is 0.694. The van der Waals surface area contributed by atoms with Crippen LogP contribution in [0.15, 0.2) is 46.5 Å². The van der Waals surface area contributed by atoms with Gasteiger partial charge in [-0.1, -0.05) is 26.0 Å². The summed E-state index contributed by atoms with van der Waals surface area (Å²) in [6.07, 6.45) is 9.52. The van der Waals surface area contributed by atoms with Crippen molar-refractivity contribution in [3.8, 4) is 0 Å². The Labute approximate surface area is 311 Å². The van der Waals surface area contributed by atoms with E-state index in [0.29, 0.717) is 17.2 Å². The predicted octanol–water partition coefficient (Wildman–Crippen LogP) is 5.66. The second-order valence-corrected chi connectivity index (χ2v) is 19.3. The van der Waals surface area contributed by atoms with Gasteiger partial charge in [0.1, 0.15) is 11.4 Å². The molecular weight excluding hydrogens is 710 g/mol. The van der Waals surface area contributed by atoms with Crippen molar-refractivity contribution in [3.05, 3.63) is 42.3 Å². The number of ether oxygens (including phenoxy) is 1. The van der Waals surface area contributed by atoms with Gasteiger partial charge < -0.3 is 19.9 Å². The highest BCUT2D eigenvalue weighted by Gasteiger charge is 2.42. The van der Waals surface area contributed by atoms with Crippen molar-refractivity contribution in [2.75, 3.05) is 38.6 Å². The molecule has 0 aromatic carbocycles. The average Bonchev–Trinajstić information content (AvgIpc) is 3.52. The highest BCUT2D eigenvalue weighted by molar-refractivity contribution is 7.89. The number of sulfonamides is 2. The fourth-order valence-electron chi connectivity index (χ4n) is 6.67. The van der Waals surface area contributed by atoms with E-state index < -0.39 is 36.6 Å². The van der Waals surface area contributed by atoms with Crippen LogP contribution in [-0.2, 0) is 24.8 Å². The number of nitrogens with one attached hydrogen (secondary N) is 1. The number of hydrogen-bond acceptors (Lipinski definition) is 10. The van der Waals surface area contributed by atoms with Crippen molar-refractivity contribution in [2.45, 2.75) is 121 Å². The number of likely N-dealkylation sites (tertiary alicyclic amines) is 1. The number of halogens is 1. The first-order valence-corrected chi connectivity index (χ1v) is 20.9. The Morgan fingerprint density at radius 2 is 1.54 bits per heavy atom. The molecule has 3 heterocycles. The lowest BCUT2D eigenvalue weighted by molar-refractivity contribution is 0.0130. The quantitative estimate of drug-likeness (QED) is 0.190. The molecule has 0 radical (unpaired) electrons. The molecule has 2 fully saturated rings. The third-order valence-corrected chi connectivity index (χ3v) is 10.8. The van der Waals surface area contributed by atoms with Gasteiger partial charge in [0.15, 0.2) is 10.1 Å². The Morgan fingerprint density at radius 3 is 2.04 bits per heavy atom. The lowest BCUT2D eigenvalue weighted by Gasteiger charge is -2.33. The summed E-state index contributed by atoms with van der Waals surface area (Å²) < 4.78 is 61.5. The zero-order valence-electron chi connectivity index (χ0n) is 32.5. The van der Waals surface area contributed by atoms with E-state index >= 15 is 0 Å². The maximum absolute atomic E-state index is 12.3. The molecule has 2 atom stereocenters. The van der Waals surface area contributed by atoms with Crippen molar-refractivity contribution in [2.24, 2.45) is 27.5 Å². The highest BCUT2D eigenvalue weighted by Crippen LogP contribution is 2.42. The molecule has 2 aliphatic rings. The molecule has 1 aliphatic carbocycles. The second kappa shape index (κ2) is 18.9. The van der Waals surface area contributed by atoms with Crippen LogP contribution in [0.25, 0.3) is 0 Å². The molecular formula is C36H62FN7O6S2. The first-order valence-electron chi connectivity index (χ1n) is 17.8. The number of primary sulfonamides is 2. The normalized spacial score (nSPS) is 19.6. The Hall–Kier alpha value is -2.92. The van der Waals surface area contributed by atoms with Crippen LogP contribution in [0, 0.1) is 23.2 Å². The van der Waals surface area contributed by atoms with Gasteiger partial charge in [0.05, 0.1) is 0 Å². The number of anilines is 1. The van der Waals surface area contributed by atoms with E-state index in [2.05, 4.69) is 48.1 Å². The zero-order chi connectivity index (χ0) is 39.5. The summed E-state index contributed by atoms with van der Waals surface area (Å²) in [6, 6.07) is 8.30. The number of nitrogens with two attached hydrogens (primary N) is 2. The number of hydrogen-bond donors (Lipinski definition) is 3. The van der Waals surface area contributed by atoms with Crippen molar-refractivity contribution in [3.63, 3.8) is 0 Å². The second-order valence-electron chi connectivity index (χ2n) is 16.3. The zero-order valence-corrected chi connectivity index (χ0v) is 34.1. The lowest BCUT2D eigenvalue weighted by Crippen LogP contribution is -2.45. The third kappa shape index (κ3) is 16.0. The molecule has 1 amide bonds.